The summed E-state index contributed by atoms with van der Waals surface area (Å²) in [5.74, 6) is -3.03. The van der Waals surface area contributed by atoms with Crippen molar-refractivity contribution in [1.29, 1.82) is 0 Å². The van der Waals surface area contributed by atoms with Gasteiger partial charge in [-0.1, -0.05) is 41.5 Å². The Morgan fingerprint density at radius 1 is 0.600 bits per heavy atom. The summed E-state index contributed by atoms with van der Waals surface area (Å²) in [5, 5.41) is 21.1. The molecule has 0 amide bonds. The number of rotatable bonds is 2. The van der Waals surface area contributed by atoms with Gasteiger partial charge in [0.05, 0.1) is 0 Å². The van der Waals surface area contributed by atoms with Crippen LogP contribution in [0.15, 0.2) is 60.6 Å². The molecule has 0 unspecified atom stereocenters. The van der Waals surface area contributed by atoms with Crippen molar-refractivity contribution in [2.75, 3.05) is 0 Å². The molecule has 0 radical (unpaired) electrons. The van der Waals surface area contributed by atoms with Gasteiger partial charge in [0, 0.05) is 24.3 Å². The molecule has 0 fully saturated rings. The lowest BCUT2D eigenvalue weighted by molar-refractivity contribution is -0.582. The van der Waals surface area contributed by atoms with Crippen LogP contribution in [0.3, 0.4) is 0 Å². The van der Waals surface area contributed by atoms with E-state index in [9.17, 15) is 19.8 Å². The summed E-state index contributed by atoms with van der Waals surface area (Å²) in [6, 6.07) is 7.26. The van der Waals surface area contributed by atoms with Crippen LogP contribution in [0, 0.1) is 0 Å². The van der Waals surface area contributed by atoms with Crippen LogP contribution in [-0.2, 0) is 20.4 Å². The Morgan fingerprint density at radius 3 is 1.10 bits per heavy atom. The van der Waals surface area contributed by atoms with Crippen LogP contribution < -0.4 is 9.13 Å². The molecule has 1 aliphatic carbocycles. The van der Waals surface area contributed by atoms with Crippen molar-refractivity contribution >= 4 is 23.0 Å². The normalized spacial score (nSPS) is 15.8. The molecule has 2 aromatic rings. The van der Waals surface area contributed by atoms with Gasteiger partial charge in [-0.3, -0.25) is 9.59 Å². The van der Waals surface area contributed by atoms with Gasteiger partial charge in [-0.25, -0.2) is 0 Å². The summed E-state index contributed by atoms with van der Waals surface area (Å²) in [6.07, 6.45) is 6.39. The van der Waals surface area contributed by atoms with Crippen molar-refractivity contribution in [3.05, 3.63) is 71.7 Å². The number of aromatic nitrogens is 2. The first-order valence-corrected chi connectivity index (χ1v) is 9.82. The third kappa shape index (κ3) is 3.77. The second-order valence-corrected chi connectivity index (χ2v) is 9.54. The first-order chi connectivity index (χ1) is 13.8. The average molecular weight is 408 g/mol. The smallest absolute Gasteiger partial charge is 0.309 e. The van der Waals surface area contributed by atoms with Gasteiger partial charge in [0.25, 0.3) is 0 Å². The molecule has 1 aliphatic rings. The number of nitrogens with zero attached hydrogens (tertiary/aromatic N) is 2. The van der Waals surface area contributed by atoms with E-state index in [0.29, 0.717) is 0 Å². The van der Waals surface area contributed by atoms with Gasteiger partial charge in [0.2, 0.25) is 11.5 Å². The molecule has 6 nitrogen and oxygen atoms in total. The predicted octanol–water partition coefficient (Wildman–Crippen LogP) is 3.16. The monoisotopic (exact) mass is 408 g/mol. The number of carbonyl (C=O) groups excluding carboxylic acids is 2. The van der Waals surface area contributed by atoms with Crippen LogP contribution in [0.2, 0.25) is 0 Å². The van der Waals surface area contributed by atoms with Gasteiger partial charge < -0.3 is 10.2 Å². The third-order valence-corrected chi connectivity index (χ3v) is 5.22. The minimum absolute atomic E-state index is 0.0903. The summed E-state index contributed by atoms with van der Waals surface area (Å²) < 4.78 is 2.70. The van der Waals surface area contributed by atoms with Gasteiger partial charge in [-0.05, 0) is 22.0 Å². The molecular weight excluding hydrogens is 380 g/mol. The molecule has 6 heteroatoms. The standard InChI is InChI=1S/C24H26N2O4/c1-23(2,3)15-7-11-25(12-8-15)17-19(27)21(29)18(22(30)20(17)28)26-13-9-16(10-14-26)24(4,5)6/h7-14H,1-6H3/p+2. The summed E-state index contributed by atoms with van der Waals surface area (Å²) >= 11 is 0. The Hall–Kier alpha value is -3.28. The largest absolute Gasteiger partial charge is 0.499 e. The Kier molecular flexibility index (Phi) is 5.14. The number of pyridine rings is 2. The molecule has 0 saturated heterocycles. The van der Waals surface area contributed by atoms with Crippen LogP contribution in [0.5, 0.6) is 0 Å². The topological polar surface area (TPSA) is 82.4 Å². The lowest BCUT2D eigenvalue weighted by Gasteiger charge is -2.18. The van der Waals surface area contributed by atoms with Crippen LogP contribution in [0.1, 0.15) is 52.7 Å². The van der Waals surface area contributed by atoms with E-state index in [1.807, 2.05) is 24.3 Å². The molecule has 3 rings (SSSR count). The number of hydrogen-bond donors (Lipinski definition) is 2. The Morgan fingerprint density at radius 2 is 0.867 bits per heavy atom. The van der Waals surface area contributed by atoms with Gasteiger partial charge in [-0.2, -0.15) is 9.13 Å². The van der Waals surface area contributed by atoms with Gasteiger partial charge in [-0.15, -0.1) is 0 Å². The van der Waals surface area contributed by atoms with Crippen molar-refractivity contribution in [2.24, 2.45) is 0 Å². The van der Waals surface area contributed by atoms with Crippen molar-refractivity contribution in [3.8, 4) is 0 Å². The lowest BCUT2D eigenvalue weighted by atomic mass is 9.88. The zero-order chi connectivity index (χ0) is 22.4. The summed E-state index contributed by atoms with van der Waals surface area (Å²) in [7, 11) is 0. The molecule has 2 N–H and O–H groups in total. The van der Waals surface area contributed by atoms with Crippen molar-refractivity contribution in [1.82, 2.24) is 0 Å². The maximum Gasteiger partial charge on any atom is 0.309 e. The summed E-state index contributed by atoms with van der Waals surface area (Å²) in [6.45, 7) is 12.3. The fourth-order valence-corrected chi connectivity index (χ4v) is 3.28. The summed E-state index contributed by atoms with van der Waals surface area (Å²) in [4.78, 5) is 25.7. The molecule has 0 aliphatic heterocycles. The maximum absolute atomic E-state index is 12.9. The Bertz CT molecular complexity index is 989. The first kappa shape index (κ1) is 21.4. The molecule has 0 atom stereocenters. The van der Waals surface area contributed by atoms with Gasteiger partial charge in [0.15, 0.2) is 24.8 Å². The average Bonchev–Trinajstić information content (AvgIpc) is 2.66. The lowest BCUT2D eigenvalue weighted by Crippen LogP contribution is -2.46. The number of carbonyl (C=O) groups is 2. The highest BCUT2D eigenvalue weighted by atomic mass is 16.3. The SMILES string of the molecule is CC(C)(C)c1cc[n+](C2=C(O)C(=O)C([n+]3ccc(C(C)(C)C)cc3)=C(O)C2=O)cc1. The number of Topliss-reactive ketones (excluding diaryl/α,β-unsaturated/α-hetero) is 2. The highest BCUT2D eigenvalue weighted by molar-refractivity contribution is 6.39. The van der Waals surface area contributed by atoms with Crippen LogP contribution in [0.4, 0.5) is 0 Å². The predicted molar refractivity (Wildman–Crippen MR) is 112 cm³/mol. The number of allylic oxidation sites excluding steroid dienone is 2. The van der Waals surface area contributed by atoms with Crippen LogP contribution in [0.25, 0.3) is 11.4 Å². The molecule has 30 heavy (non-hydrogen) atoms. The highest BCUT2D eigenvalue weighted by Crippen LogP contribution is 2.25. The van der Waals surface area contributed by atoms with E-state index in [2.05, 4.69) is 41.5 Å². The van der Waals surface area contributed by atoms with E-state index in [-0.39, 0.29) is 22.2 Å². The zero-order valence-corrected chi connectivity index (χ0v) is 18.2. The summed E-state index contributed by atoms with van der Waals surface area (Å²) in [5.41, 5.74) is 1.34. The van der Waals surface area contributed by atoms with Crippen LogP contribution >= 0.6 is 0 Å². The highest BCUT2D eigenvalue weighted by Gasteiger charge is 2.46. The number of aliphatic hydroxyl groups excluding tert-OH is 2. The maximum atomic E-state index is 12.9. The fourth-order valence-electron chi connectivity index (χ4n) is 3.28. The molecule has 0 aromatic carbocycles. The molecule has 2 aromatic heterocycles. The first-order valence-electron chi connectivity index (χ1n) is 9.82. The minimum Gasteiger partial charge on any atom is -0.499 e. The minimum atomic E-state index is -0.817. The van der Waals surface area contributed by atoms with E-state index in [4.69, 9.17) is 0 Å². The Balaban J connectivity index is 2.02. The molecule has 0 spiro atoms. The second kappa shape index (κ2) is 7.20. The quantitative estimate of drug-likeness (QED) is 0.591. The van der Waals surface area contributed by atoms with E-state index < -0.39 is 23.1 Å². The van der Waals surface area contributed by atoms with E-state index in [1.165, 1.54) is 9.13 Å². The van der Waals surface area contributed by atoms with Gasteiger partial charge in [0.1, 0.15) is 0 Å². The number of hydrogen-bond acceptors (Lipinski definition) is 4. The van der Waals surface area contributed by atoms with E-state index >= 15 is 0 Å². The van der Waals surface area contributed by atoms with E-state index in [1.54, 1.807) is 24.8 Å². The molecule has 2 heterocycles. The second-order valence-electron chi connectivity index (χ2n) is 9.54. The molecule has 0 saturated carbocycles. The number of ketones is 2. The molecular formula is C24H28N2O4+2. The molecule has 0 bridgehead atoms. The third-order valence-electron chi connectivity index (χ3n) is 5.22. The van der Waals surface area contributed by atoms with Crippen molar-refractivity contribution < 1.29 is 28.9 Å². The zero-order valence-electron chi connectivity index (χ0n) is 18.2. The van der Waals surface area contributed by atoms with Crippen molar-refractivity contribution in [2.45, 2.75) is 52.4 Å². The molecule has 156 valence electrons. The van der Waals surface area contributed by atoms with E-state index in [0.717, 1.165) is 11.1 Å². The fraction of sp³-hybridized carbons (Fsp3) is 0.333. The Labute approximate surface area is 176 Å². The van der Waals surface area contributed by atoms with Crippen molar-refractivity contribution in [3.63, 3.8) is 0 Å². The number of aliphatic hydroxyl groups is 2. The van der Waals surface area contributed by atoms with Gasteiger partial charge >= 0.3 is 23.0 Å². The van der Waals surface area contributed by atoms with Crippen LogP contribution in [-0.4, -0.2) is 21.8 Å².